The molecule has 5 heteroatoms. The zero-order chi connectivity index (χ0) is 20.9. The van der Waals surface area contributed by atoms with E-state index < -0.39 is 0 Å². The van der Waals surface area contributed by atoms with Crippen molar-refractivity contribution < 1.29 is 4.79 Å². The van der Waals surface area contributed by atoms with Crippen LogP contribution < -0.4 is 0 Å². The summed E-state index contributed by atoms with van der Waals surface area (Å²) in [5, 5.41) is 0. The highest BCUT2D eigenvalue weighted by Gasteiger charge is 2.28. The number of carbonyl (C=O) groups excluding carboxylic acids is 1. The van der Waals surface area contributed by atoms with Crippen LogP contribution in [0.25, 0.3) is 5.70 Å². The number of ketones is 1. The van der Waals surface area contributed by atoms with Gasteiger partial charge in [0.15, 0.2) is 0 Å². The molecule has 0 atom stereocenters. The third kappa shape index (κ3) is 5.07. The van der Waals surface area contributed by atoms with Crippen molar-refractivity contribution in [1.29, 1.82) is 0 Å². The first-order valence-corrected chi connectivity index (χ1v) is 11.9. The lowest BCUT2D eigenvalue weighted by Crippen LogP contribution is -2.35. The minimum atomic E-state index is 0.220. The van der Waals surface area contributed by atoms with Crippen LogP contribution in [-0.4, -0.2) is 32.5 Å². The van der Waals surface area contributed by atoms with Gasteiger partial charge in [-0.25, -0.2) is 0 Å². The maximum absolute atomic E-state index is 12.7. The summed E-state index contributed by atoms with van der Waals surface area (Å²) in [7, 11) is 0. The monoisotopic (exact) mass is 421 g/mol. The molecule has 1 saturated heterocycles. The Bertz CT molecular complexity index is 934. The standard InChI is InChI=1S/C25H31N3OS/c1-18-7-10-20(11-8-18)5-3-4-6-24(29)21-13-15-28(16-14-21)23-12-9-19(2)17-22-25(23)27-30-26-22/h7-12,21H,3-6,13-17H2,1-2H3. The van der Waals surface area contributed by atoms with Crippen molar-refractivity contribution in [3.05, 3.63) is 64.5 Å². The third-order valence-corrected chi connectivity index (χ3v) is 6.89. The summed E-state index contributed by atoms with van der Waals surface area (Å²) >= 11 is 1.30. The highest BCUT2D eigenvalue weighted by Crippen LogP contribution is 2.31. The molecular weight excluding hydrogens is 390 g/mol. The van der Waals surface area contributed by atoms with Gasteiger partial charge in [-0.1, -0.05) is 41.5 Å². The lowest BCUT2D eigenvalue weighted by molar-refractivity contribution is -0.124. The molecule has 30 heavy (non-hydrogen) atoms. The van der Waals surface area contributed by atoms with E-state index in [9.17, 15) is 4.79 Å². The Balaban J connectivity index is 1.24. The molecule has 0 saturated carbocycles. The predicted molar refractivity (Wildman–Crippen MR) is 123 cm³/mol. The second kappa shape index (κ2) is 9.69. The lowest BCUT2D eigenvalue weighted by Gasteiger charge is -2.34. The fraction of sp³-hybridized carbons (Fsp3) is 0.480. The average Bonchev–Trinajstić information content (AvgIpc) is 3.14. The zero-order valence-electron chi connectivity index (χ0n) is 18.1. The fourth-order valence-electron chi connectivity index (χ4n) is 4.42. The highest BCUT2D eigenvalue weighted by molar-refractivity contribution is 6.99. The van der Waals surface area contributed by atoms with Gasteiger partial charge in [-0.3, -0.25) is 4.79 Å². The van der Waals surface area contributed by atoms with Gasteiger partial charge in [0.1, 0.15) is 11.5 Å². The maximum atomic E-state index is 12.7. The zero-order valence-corrected chi connectivity index (χ0v) is 18.9. The van der Waals surface area contributed by atoms with E-state index in [-0.39, 0.29) is 5.92 Å². The number of unbranched alkanes of at least 4 members (excludes halogenated alkanes) is 1. The molecule has 1 aliphatic heterocycles. The van der Waals surface area contributed by atoms with E-state index in [0.29, 0.717) is 5.78 Å². The number of hydrogen-bond acceptors (Lipinski definition) is 5. The van der Waals surface area contributed by atoms with Gasteiger partial charge in [-0.15, -0.1) is 0 Å². The number of allylic oxidation sites excluding steroid dienone is 3. The van der Waals surface area contributed by atoms with E-state index in [1.165, 1.54) is 34.1 Å². The molecule has 1 aromatic carbocycles. The van der Waals surface area contributed by atoms with E-state index in [2.05, 4.69) is 63.9 Å². The molecule has 4 nitrogen and oxygen atoms in total. The molecule has 0 radical (unpaired) electrons. The van der Waals surface area contributed by atoms with Crippen LogP contribution in [0.3, 0.4) is 0 Å². The number of aromatic nitrogens is 2. The largest absolute Gasteiger partial charge is 0.370 e. The molecule has 0 amide bonds. The number of nitrogens with zero attached hydrogens (tertiary/aromatic N) is 3. The number of likely N-dealkylation sites (tertiary alicyclic amines) is 1. The van der Waals surface area contributed by atoms with Crippen LogP contribution >= 0.6 is 11.7 Å². The van der Waals surface area contributed by atoms with Crippen molar-refractivity contribution in [2.24, 2.45) is 5.92 Å². The number of aryl methyl sites for hydroxylation is 2. The molecule has 2 aliphatic rings. The second-order valence-electron chi connectivity index (χ2n) is 8.72. The molecule has 158 valence electrons. The first kappa shape index (κ1) is 21.0. The first-order chi connectivity index (χ1) is 14.6. The SMILES string of the molecule is CC1=CC=C(N2CCC(C(=O)CCCCc3ccc(C)cc3)CC2)c2nsnc2C1. The number of rotatable bonds is 7. The molecule has 0 spiro atoms. The van der Waals surface area contributed by atoms with Gasteiger partial charge in [-0.05, 0) is 57.6 Å². The topological polar surface area (TPSA) is 46.1 Å². The van der Waals surface area contributed by atoms with Gasteiger partial charge in [0, 0.05) is 31.8 Å². The number of fused-ring (bicyclic) bond motifs is 1. The fourth-order valence-corrected chi connectivity index (χ4v) is 5.00. The van der Waals surface area contributed by atoms with Gasteiger partial charge in [0.2, 0.25) is 0 Å². The molecule has 1 aliphatic carbocycles. The molecular formula is C25H31N3OS. The number of piperidine rings is 1. The van der Waals surface area contributed by atoms with Gasteiger partial charge < -0.3 is 4.90 Å². The Morgan fingerprint density at radius 3 is 2.60 bits per heavy atom. The van der Waals surface area contributed by atoms with Crippen molar-refractivity contribution in [3.8, 4) is 0 Å². The molecule has 1 aromatic heterocycles. The van der Waals surface area contributed by atoms with Gasteiger partial charge in [0.25, 0.3) is 0 Å². The maximum Gasteiger partial charge on any atom is 0.136 e. The van der Waals surface area contributed by atoms with Crippen molar-refractivity contribution in [3.63, 3.8) is 0 Å². The average molecular weight is 422 g/mol. The smallest absolute Gasteiger partial charge is 0.136 e. The summed E-state index contributed by atoms with van der Waals surface area (Å²) < 4.78 is 9.05. The Hall–Kier alpha value is -2.27. The minimum Gasteiger partial charge on any atom is -0.370 e. The summed E-state index contributed by atoms with van der Waals surface area (Å²) in [5.74, 6) is 0.678. The number of carbonyl (C=O) groups is 1. The minimum absolute atomic E-state index is 0.220. The summed E-state index contributed by atoms with van der Waals surface area (Å²) in [6.07, 6.45) is 11.0. The van der Waals surface area contributed by atoms with Crippen LogP contribution in [-0.2, 0) is 17.6 Å². The Kier molecular flexibility index (Phi) is 6.78. The molecule has 0 unspecified atom stereocenters. The molecule has 1 fully saturated rings. The van der Waals surface area contributed by atoms with Crippen LogP contribution in [0.5, 0.6) is 0 Å². The van der Waals surface area contributed by atoms with Crippen LogP contribution in [0, 0.1) is 12.8 Å². The molecule has 2 heterocycles. The second-order valence-corrected chi connectivity index (χ2v) is 9.25. The Labute approximate surface area is 184 Å². The van der Waals surface area contributed by atoms with Crippen LogP contribution in [0.4, 0.5) is 0 Å². The third-order valence-electron chi connectivity index (χ3n) is 6.32. The van der Waals surface area contributed by atoms with Crippen LogP contribution in [0.2, 0.25) is 0 Å². The Morgan fingerprint density at radius 1 is 1.07 bits per heavy atom. The van der Waals surface area contributed by atoms with Gasteiger partial charge in [-0.2, -0.15) is 8.75 Å². The van der Waals surface area contributed by atoms with Crippen molar-refractivity contribution in [1.82, 2.24) is 13.6 Å². The molecule has 0 N–H and O–H groups in total. The summed E-state index contributed by atoms with van der Waals surface area (Å²) in [4.78, 5) is 15.1. The summed E-state index contributed by atoms with van der Waals surface area (Å²) in [6, 6.07) is 8.74. The van der Waals surface area contributed by atoms with Crippen molar-refractivity contribution in [2.45, 2.75) is 58.8 Å². The van der Waals surface area contributed by atoms with E-state index in [4.69, 9.17) is 0 Å². The molecule has 4 rings (SSSR count). The lowest BCUT2D eigenvalue weighted by atomic mass is 9.89. The molecule has 0 bridgehead atoms. The van der Waals surface area contributed by atoms with E-state index >= 15 is 0 Å². The van der Waals surface area contributed by atoms with Crippen molar-refractivity contribution in [2.75, 3.05) is 13.1 Å². The highest BCUT2D eigenvalue weighted by atomic mass is 32.1. The normalized spacial score (nSPS) is 17.2. The number of Topliss-reactive ketones (excluding diaryl/α,β-unsaturated/α-hetero) is 1. The van der Waals surface area contributed by atoms with E-state index in [1.54, 1.807) is 0 Å². The quantitative estimate of drug-likeness (QED) is 0.563. The van der Waals surface area contributed by atoms with Gasteiger partial charge >= 0.3 is 0 Å². The number of benzene rings is 1. The molecule has 2 aromatic rings. The predicted octanol–water partition coefficient (Wildman–Crippen LogP) is 5.38. The van der Waals surface area contributed by atoms with Gasteiger partial charge in [0.05, 0.1) is 23.1 Å². The van der Waals surface area contributed by atoms with Crippen LogP contribution in [0.15, 0.2) is 42.0 Å². The number of hydrogen-bond donors (Lipinski definition) is 0. The van der Waals surface area contributed by atoms with E-state index in [0.717, 1.165) is 69.4 Å². The first-order valence-electron chi connectivity index (χ1n) is 11.1. The summed E-state index contributed by atoms with van der Waals surface area (Å²) in [5.41, 5.74) is 7.29. The van der Waals surface area contributed by atoms with Crippen molar-refractivity contribution >= 4 is 23.2 Å². The van der Waals surface area contributed by atoms with Crippen LogP contribution in [0.1, 0.15) is 61.5 Å². The van der Waals surface area contributed by atoms with E-state index in [1.807, 2.05) is 0 Å². The Morgan fingerprint density at radius 2 is 1.83 bits per heavy atom. The summed E-state index contributed by atoms with van der Waals surface area (Å²) in [6.45, 7) is 6.11.